The fourth-order valence-corrected chi connectivity index (χ4v) is 1.95. The molecule has 0 saturated heterocycles. The molecule has 6 heteroatoms. The van der Waals surface area contributed by atoms with Crippen molar-refractivity contribution in [2.75, 3.05) is 47.3 Å². The molecule has 1 rings (SSSR count). The van der Waals surface area contributed by atoms with Gasteiger partial charge in [-0.2, -0.15) is 0 Å². The van der Waals surface area contributed by atoms with E-state index < -0.39 is 0 Å². The second-order valence-corrected chi connectivity index (χ2v) is 5.15. The van der Waals surface area contributed by atoms with E-state index in [-0.39, 0.29) is 0 Å². The lowest BCUT2D eigenvalue weighted by atomic mass is 10.3. The molecule has 0 aliphatic rings. The number of rotatable bonds is 10. The normalized spacial score (nSPS) is 11.7. The molecule has 0 unspecified atom stereocenters. The SMILES string of the molecule is CCCN(CCN(C)C)CCn1cc(CNC)nn1. The Balaban J connectivity index is 2.36. The van der Waals surface area contributed by atoms with Crippen molar-refractivity contribution in [2.45, 2.75) is 26.4 Å². The van der Waals surface area contributed by atoms with E-state index in [1.165, 1.54) is 6.42 Å². The van der Waals surface area contributed by atoms with Gasteiger partial charge in [-0.25, -0.2) is 0 Å². The molecule has 0 aliphatic carbocycles. The van der Waals surface area contributed by atoms with Gasteiger partial charge in [-0.05, 0) is 34.1 Å². The van der Waals surface area contributed by atoms with Crippen LogP contribution in [0, 0.1) is 0 Å². The van der Waals surface area contributed by atoms with Crippen LogP contribution in [0.3, 0.4) is 0 Å². The van der Waals surface area contributed by atoms with E-state index in [2.05, 4.69) is 46.4 Å². The molecule has 1 N–H and O–H groups in total. The Morgan fingerprint density at radius 3 is 2.63 bits per heavy atom. The van der Waals surface area contributed by atoms with Gasteiger partial charge in [0.25, 0.3) is 0 Å². The zero-order chi connectivity index (χ0) is 14.1. The first-order valence-electron chi connectivity index (χ1n) is 7.06. The molecule has 1 aromatic heterocycles. The lowest BCUT2D eigenvalue weighted by Gasteiger charge is -2.23. The number of hydrogen-bond acceptors (Lipinski definition) is 5. The van der Waals surface area contributed by atoms with Crippen molar-refractivity contribution in [1.82, 2.24) is 30.1 Å². The van der Waals surface area contributed by atoms with E-state index in [1.807, 2.05) is 17.9 Å². The van der Waals surface area contributed by atoms with E-state index in [0.29, 0.717) is 0 Å². The summed E-state index contributed by atoms with van der Waals surface area (Å²) >= 11 is 0. The van der Waals surface area contributed by atoms with E-state index in [0.717, 1.165) is 45.0 Å². The standard InChI is InChI=1S/C13H28N6/c1-5-6-18(8-7-17(3)4)9-10-19-12-13(11-14-2)15-16-19/h12,14H,5-11H2,1-4H3. The van der Waals surface area contributed by atoms with Crippen LogP contribution in [0.1, 0.15) is 19.0 Å². The number of aromatic nitrogens is 3. The van der Waals surface area contributed by atoms with Gasteiger partial charge in [0.1, 0.15) is 0 Å². The maximum absolute atomic E-state index is 4.15. The summed E-state index contributed by atoms with van der Waals surface area (Å²) in [5, 5.41) is 11.4. The number of nitrogens with one attached hydrogen (secondary N) is 1. The maximum Gasteiger partial charge on any atom is 0.0964 e. The first-order chi connectivity index (χ1) is 9.15. The quantitative estimate of drug-likeness (QED) is 0.660. The Bertz CT molecular complexity index is 336. The third-order valence-corrected chi connectivity index (χ3v) is 2.99. The first-order valence-corrected chi connectivity index (χ1v) is 7.06. The molecule has 0 bridgehead atoms. The summed E-state index contributed by atoms with van der Waals surface area (Å²) in [5.74, 6) is 0. The smallest absolute Gasteiger partial charge is 0.0964 e. The van der Waals surface area contributed by atoms with Crippen molar-refractivity contribution in [2.24, 2.45) is 0 Å². The summed E-state index contributed by atoms with van der Waals surface area (Å²) in [4.78, 5) is 4.71. The number of hydrogen-bond donors (Lipinski definition) is 1. The minimum absolute atomic E-state index is 0.777. The highest BCUT2D eigenvalue weighted by molar-refractivity contribution is 4.91. The number of nitrogens with zero attached hydrogens (tertiary/aromatic N) is 5. The predicted molar refractivity (Wildman–Crippen MR) is 78.1 cm³/mol. The van der Waals surface area contributed by atoms with Crippen molar-refractivity contribution in [3.05, 3.63) is 11.9 Å². The highest BCUT2D eigenvalue weighted by atomic mass is 15.4. The Labute approximate surface area is 116 Å². The Hall–Kier alpha value is -0.980. The third kappa shape index (κ3) is 6.66. The highest BCUT2D eigenvalue weighted by Crippen LogP contribution is 1.96. The molecule has 0 aromatic carbocycles. The largest absolute Gasteiger partial charge is 0.314 e. The van der Waals surface area contributed by atoms with Gasteiger partial charge < -0.3 is 15.1 Å². The monoisotopic (exact) mass is 268 g/mol. The summed E-state index contributed by atoms with van der Waals surface area (Å²) in [6.45, 7) is 8.30. The average molecular weight is 268 g/mol. The molecule has 1 aromatic rings. The minimum Gasteiger partial charge on any atom is -0.314 e. The van der Waals surface area contributed by atoms with Crippen LogP contribution in [0.5, 0.6) is 0 Å². The van der Waals surface area contributed by atoms with E-state index in [4.69, 9.17) is 0 Å². The van der Waals surface area contributed by atoms with Gasteiger partial charge in [0.2, 0.25) is 0 Å². The highest BCUT2D eigenvalue weighted by Gasteiger charge is 2.06. The lowest BCUT2D eigenvalue weighted by molar-refractivity contribution is 0.230. The Kier molecular flexibility index (Phi) is 7.62. The summed E-state index contributed by atoms with van der Waals surface area (Å²) in [6.07, 6.45) is 3.21. The van der Waals surface area contributed by atoms with Crippen LogP contribution < -0.4 is 5.32 Å². The van der Waals surface area contributed by atoms with Gasteiger partial charge in [0, 0.05) is 32.4 Å². The minimum atomic E-state index is 0.777. The lowest BCUT2D eigenvalue weighted by Crippen LogP contribution is -2.34. The molecular weight excluding hydrogens is 240 g/mol. The zero-order valence-corrected chi connectivity index (χ0v) is 12.8. The van der Waals surface area contributed by atoms with Crippen LogP contribution in [0.15, 0.2) is 6.20 Å². The van der Waals surface area contributed by atoms with Crippen molar-refractivity contribution >= 4 is 0 Å². The van der Waals surface area contributed by atoms with Crippen molar-refractivity contribution in [3.63, 3.8) is 0 Å². The summed E-state index contributed by atoms with van der Waals surface area (Å²) in [6, 6.07) is 0. The fourth-order valence-electron chi connectivity index (χ4n) is 1.95. The van der Waals surface area contributed by atoms with E-state index in [1.54, 1.807) is 0 Å². The van der Waals surface area contributed by atoms with Gasteiger partial charge in [0.15, 0.2) is 0 Å². The van der Waals surface area contributed by atoms with Crippen LogP contribution in [-0.4, -0.2) is 72.1 Å². The average Bonchev–Trinajstić information content (AvgIpc) is 2.81. The third-order valence-electron chi connectivity index (χ3n) is 2.99. The zero-order valence-electron chi connectivity index (χ0n) is 12.8. The molecule has 6 nitrogen and oxygen atoms in total. The van der Waals surface area contributed by atoms with Gasteiger partial charge in [-0.15, -0.1) is 5.10 Å². The molecule has 0 amide bonds. The molecule has 0 atom stereocenters. The van der Waals surface area contributed by atoms with Gasteiger partial charge >= 0.3 is 0 Å². The molecule has 1 heterocycles. The Morgan fingerprint density at radius 1 is 1.21 bits per heavy atom. The van der Waals surface area contributed by atoms with Crippen LogP contribution >= 0.6 is 0 Å². The topological polar surface area (TPSA) is 49.2 Å². The predicted octanol–water partition coefficient (Wildman–Crippen LogP) is 0.271. The van der Waals surface area contributed by atoms with Crippen molar-refractivity contribution in [3.8, 4) is 0 Å². The second kappa shape index (κ2) is 9.01. The van der Waals surface area contributed by atoms with Gasteiger partial charge in [0.05, 0.1) is 12.2 Å². The van der Waals surface area contributed by atoms with Crippen molar-refractivity contribution < 1.29 is 0 Å². The van der Waals surface area contributed by atoms with Crippen molar-refractivity contribution in [1.29, 1.82) is 0 Å². The summed E-state index contributed by atoms with van der Waals surface area (Å²) in [7, 11) is 6.15. The van der Waals surface area contributed by atoms with E-state index in [9.17, 15) is 0 Å². The molecular formula is C13H28N6. The maximum atomic E-state index is 4.15. The molecule has 0 spiro atoms. The molecule has 0 fully saturated rings. The first kappa shape index (κ1) is 16.1. The number of likely N-dealkylation sites (N-methyl/N-ethyl adjacent to an activating group) is 1. The molecule has 0 aliphatic heterocycles. The summed E-state index contributed by atoms with van der Waals surface area (Å²) in [5.41, 5.74) is 0.998. The van der Waals surface area contributed by atoms with Crippen LogP contribution in [0.4, 0.5) is 0 Å². The molecule has 110 valence electrons. The fraction of sp³-hybridized carbons (Fsp3) is 0.846. The van der Waals surface area contributed by atoms with Crippen LogP contribution in [0.25, 0.3) is 0 Å². The van der Waals surface area contributed by atoms with Gasteiger partial charge in [-0.1, -0.05) is 12.1 Å². The second-order valence-electron chi connectivity index (χ2n) is 5.15. The molecule has 0 radical (unpaired) electrons. The molecule has 19 heavy (non-hydrogen) atoms. The Morgan fingerprint density at radius 2 is 2.00 bits per heavy atom. The van der Waals surface area contributed by atoms with Crippen LogP contribution in [0.2, 0.25) is 0 Å². The summed E-state index contributed by atoms with van der Waals surface area (Å²) < 4.78 is 1.94. The molecule has 0 saturated carbocycles. The van der Waals surface area contributed by atoms with E-state index >= 15 is 0 Å². The van der Waals surface area contributed by atoms with Gasteiger partial charge in [-0.3, -0.25) is 4.68 Å². The van der Waals surface area contributed by atoms with Crippen LogP contribution in [-0.2, 0) is 13.1 Å².